The monoisotopic (exact) mass is 364 g/mol. The number of halogens is 1. The molecule has 7 heteroatoms. The number of nitro groups is 1. The van der Waals surface area contributed by atoms with E-state index in [0.717, 1.165) is 35.6 Å². The molecule has 2 aromatic carbocycles. The Morgan fingerprint density at radius 3 is 2.78 bits per heavy atom. The van der Waals surface area contributed by atoms with Gasteiger partial charge in [-0.15, -0.1) is 0 Å². The van der Waals surface area contributed by atoms with Crippen LogP contribution in [0.4, 0.5) is 15.9 Å². The Morgan fingerprint density at radius 2 is 1.96 bits per heavy atom. The summed E-state index contributed by atoms with van der Waals surface area (Å²) in [6, 6.07) is 13.1. The van der Waals surface area contributed by atoms with E-state index in [1.54, 1.807) is 18.2 Å². The van der Waals surface area contributed by atoms with Crippen molar-refractivity contribution in [1.82, 2.24) is 9.97 Å². The maximum Gasteiger partial charge on any atom is 0.270 e. The van der Waals surface area contributed by atoms with Gasteiger partial charge < -0.3 is 4.90 Å². The van der Waals surface area contributed by atoms with E-state index in [1.807, 2.05) is 19.1 Å². The molecule has 6 nitrogen and oxygen atoms in total. The number of hydrogen-bond donors (Lipinski definition) is 0. The lowest BCUT2D eigenvalue weighted by Crippen LogP contribution is -2.31. The van der Waals surface area contributed by atoms with E-state index in [0.29, 0.717) is 17.9 Å². The molecule has 0 saturated heterocycles. The van der Waals surface area contributed by atoms with Crippen molar-refractivity contribution >= 4 is 11.5 Å². The van der Waals surface area contributed by atoms with Crippen LogP contribution in [-0.2, 0) is 13.0 Å². The van der Waals surface area contributed by atoms with E-state index in [4.69, 9.17) is 0 Å². The van der Waals surface area contributed by atoms with E-state index in [-0.39, 0.29) is 11.5 Å². The molecule has 0 radical (unpaired) electrons. The van der Waals surface area contributed by atoms with Crippen molar-refractivity contribution in [2.75, 3.05) is 11.4 Å². The maximum absolute atomic E-state index is 13.4. The highest BCUT2D eigenvalue weighted by atomic mass is 19.1. The van der Waals surface area contributed by atoms with Crippen LogP contribution in [0.1, 0.15) is 16.8 Å². The van der Waals surface area contributed by atoms with Gasteiger partial charge in [0.1, 0.15) is 11.6 Å². The Labute approximate surface area is 155 Å². The molecule has 0 atom stereocenters. The van der Waals surface area contributed by atoms with E-state index < -0.39 is 4.92 Å². The summed E-state index contributed by atoms with van der Waals surface area (Å²) in [6.45, 7) is 3.24. The zero-order valence-corrected chi connectivity index (χ0v) is 14.7. The number of non-ortho nitro benzene ring substituents is 1. The summed E-state index contributed by atoms with van der Waals surface area (Å²) in [5.41, 5.74) is 3.50. The summed E-state index contributed by atoms with van der Waals surface area (Å²) in [5.74, 6) is 1.01. The molecule has 0 amide bonds. The molecule has 0 saturated carbocycles. The van der Waals surface area contributed by atoms with Gasteiger partial charge in [0.05, 0.1) is 4.92 Å². The van der Waals surface area contributed by atoms with E-state index in [1.165, 1.54) is 18.2 Å². The first-order chi connectivity index (χ1) is 13.0. The average Bonchev–Trinajstić information content (AvgIpc) is 2.67. The molecule has 0 aliphatic carbocycles. The van der Waals surface area contributed by atoms with Crippen molar-refractivity contribution in [2.45, 2.75) is 19.9 Å². The van der Waals surface area contributed by atoms with Crippen LogP contribution in [0.25, 0.3) is 11.4 Å². The van der Waals surface area contributed by atoms with Crippen LogP contribution in [0.5, 0.6) is 0 Å². The molecule has 0 spiro atoms. The molecule has 4 rings (SSSR count). The highest BCUT2D eigenvalue weighted by Crippen LogP contribution is 2.27. The molecule has 0 bridgehead atoms. The highest BCUT2D eigenvalue weighted by molar-refractivity contribution is 5.61. The van der Waals surface area contributed by atoms with Crippen LogP contribution >= 0.6 is 0 Å². The normalized spacial score (nSPS) is 13.3. The lowest BCUT2D eigenvalue weighted by Gasteiger charge is -2.30. The SMILES string of the molecule is Cc1cc(N2CCc3cc(F)ccc3C2)nc(-c2cccc([N+](=O)[O-])c2)n1. The van der Waals surface area contributed by atoms with Crippen LogP contribution < -0.4 is 4.90 Å². The number of aryl methyl sites for hydroxylation is 1. The first-order valence-corrected chi connectivity index (χ1v) is 8.62. The minimum atomic E-state index is -0.430. The summed E-state index contributed by atoms with van der Waals surface area (Å²) in [7, 11) is 0. The molecular formula is C20H17FN4O2. The Hall–Kier alpha value is -3.35. The fourth-order valence-corrected chi connectivity index (χ4v) is 3.32. The van der Waals surface area contributed by atoms with Gasteiger partial charge in [0.25, 0.3) is 5.69 Å². The summed E-state index contributed by atoms with van der Waals surface area (Å²) in [5, 5.41) is 11.0. The molecule has 136 valence electrons. The van der Waals surface area contributed by atoms with Crippen molar-refractivity contribution < 1.29 is 9.31 Å². The van der Waals surface area contributed by atoms with Crippen molar-refractivity contribution in [3.8, 4) is 11.4 Å². The van der Waals surface area contributed by atoms with Gasteiger partial charge in [-0.3, -0.25) is 10.1 Å². The fraction of sp³-hybridized carbons (Fsp3) is 0.200. The van der Waals surface area contributed by atoms with Crippen LogP contribution in [0.2, 0.25) is 0 Å². The molecule has 1 aliphatic heterocycles. The average molecular weight is 364 g/mol. The molecular weight excluding hydrogens is 347 g/mol. The second-order valence-electron chi connectivity index (χ2n) is 6.58. The highest BCUT2D eigenvalue weighted by Gasteiger charge is 2.19. The third kappa shape index (κ3) is 3.48. The van der Waals surface area contributed by atoms with Crippen molar-refractivity contribution in [2.24, 2.45) is 0 Å². The van der Waals surface area contributed by atoms with Crippen molar-refractivity contribution in [3.63, 3.8) is 0 Å². The Morgan fingerprint density at radius 1 is 1.11 bits per heavy atom. The van der Waals surface area contributed by atoms with Gasteiger partial charge in [-0.2, -0.15) is 0 Å². The van der Waals surface area contributed by atoms with Crippen LogP contribution in [-0.4, -0.2) is 21.4 Å². The van der Waals surface area contributed by atoms with Gasteiger partial charge in [0.15, 0.2) is 5.82 Å². The van der Waals surface area contributed by atoms with Gasteiger partial charge in [-0.25, -0.2) is 14.4 Å². The topological polar surface area (TPSA) is 72.2 Å². The van der Waals surface area contributed by atoms with Crippen LogP contribution in [0.15, 0.2) is 48.5 Å². The lowest BCUT2D eigenvalue weighted by molar-refractivity contribution is -0.384. The van der Waals surface area contributed by atoms with Gasteiger partial charge >= 0.3 is 0 Å². The number of rotatable bonds is 3. The molecule has 27 heavy (non-hydrogen) atoms. The third-order valence-electron chi connectivity index (χ3n) is 4.66. The summed E-state index contributed by atoms with van der Waals surface area (Å²) in [6.07, 6.45) is 0.738. The predicted molar refractivity (Wildman–Crippen MR) is 100 cm³/mol. The summed E-state index contributed by atoms with van der Waals surface area (Å²) in [4.78, 5) is 21.8. The fourth-order valence-electron chi connectivity index (χ4n) is 3.32. The maximum atomic E-state index is 13.4. The van der Waals surface area contributed by atoms with E-state index in [9.17, 15) is 14.5 Å². The van der Waals surface area contributed by atoms with Crippen LogP contribution in [0, 0.1) is 22.9 Å². The lowest BCUT2D eigenvalue weighted by atomic mass is 9.99. The molecule has 0 fully saturated rings. The molecule has 2 heterocycles. The Bertz CT molecular complexity index is 1040. The standard InChI is InChI=1S/C20H17FN4O2/c1-13-9-19(24-8-7-14-10-17(21)6-5-16(14)12-24)23-20(22-13)15-3-2-4-18(11-15)25(26)27/h2-6,9-11H,7-8,12H2,1H3. The number of benzene rings is 2. The number of hydrogen-bond acceptors (Lipinski definition) is 5. The second kappa shape index (κ2) is 6.75. The minimum Gasteiger partial charge on any atom is -0.352 e. The molecule has 1 aromatic heterocycles. The van der Waals surface area contributed by atoms with Gasteiger partial charge in [-0.1, -0.05) is 18.2 Å². The zero-order chi connectivity index (χ0) is 19.0. The number of anilines is 1. The largest absolute Gasteiger partial charge is 0.352 e. The Kier molecular flexibility index (Phi) is 4.27. The van der Waals surface area contributed by atoms with Gasteiger partial charge in [0.2, 0.25) is 0 Å². The molecule has 0 unspecified atom stereocenters. The van der Waals surface area contributed by atoms with Crippen molar-refractivity contribution in [1.29, 1.82) is 0 Å². The van der Waals surface area contributed by atoms with Crippen molar-refractivity contribution in [3.05, 3.63) is 81.3 Å². The van der Waals surface area contributed by atoms with E-state index in [2.05, 4.69) is 14.9 Å². The molecule has 3 aromatic rings. The second-order valence-corrected chi connectivity index (χ2v) is 6.58. The number of nitro benzene ring substituents is 1. The Balaban J connectivity index is 1.68. The number of fused-ring (bicyclic) bond motifs is 1. The minimum absolute atomic E-state index is 0.00748. The number of nitrogens with zero attached hydrogens (tertiary/aromatic N) is 4. The first-order valence-electron chi connectivity index (χ1n) is 8.62. The third-order valence-corrected chi connectivity index (χ3v) is 4.66. The predicted octanol–water partition coefficient (Wildman–Crippen LogP) is 4.06. The first kappa shape index (κ1) is 17.1. The van der Waals surface area contributed by atoms with E-state index >= 15 is 0 Å². The smallest absolute Gasteiger partial charge is 0.270 e. The van der Waals surface area contributed by atoms with Gasteiger partial charge in [-0.05, 0) is 36.6 Å². The van der Waals surface area contributed by atoms with Gasteiger partial charge in [0, 0.05) is 42.5 Å². The summed E-state index contributed by atoms with van der Waals surface area (Å²) < 4.78 is 13.4. The quantitative estimate of drug-likeness (QED) is 0.518. The molecule has 0 N–H and O–H groups in total. The zero-order valence-electron chi connectivity index (χ0n) is 14.7. The molecule has 1 aliphatic rings. The van der Waals surface area contributed by atoms with Crippen LogP contribution in [0.3, 0.4) is 0 Å². The number of aromatic nitrogens is 2. The summed E-state index contributed by atoms with van der Waals surface area (Å²) >= 11 is 0.